The molecule has 2 aliphatic rings. The largest absolute Gasteiger partial charge is 0.0616 e. The quantitative estimate of drug-likeness (QED) is 0.124. The highest BCUT2D eigenvalue weighted by Gasteiger charge is 2.39. The minimum absolute atomic E-state index is 0.112. The lowest BCUT2D eigenvalue weighted by Gasteiger charge is -2.24. The number of rotatable bonds is 3. The van der Waals surface area contributed by atoms with Gasteiger partial charge in [-0.2, -0.15) is 0 Å². The van der Waals surface area contributed by atoms with Crippen molar-refractivity contribution in [2.45, 2.75) is 38.5 Å². The second kappa shape index (κ2) is 12.6. The Balaban J connectivity index is 0.953. The van der Waals surface area contributed by atoms with Crippen molar-refractivity contribution < 1.29 is 0 Å². The second-order valence-corrected chi connectivity index (χ2v) is 18.7. The number of benzene rings is 11. The SMILES string of the molecule is CC1(C)c2cc(-c3ccc4c(c3)-c3c(c5ccccc5c5ccccc35)C4(C)C)ccc2-c2ccc(-c3c4ccccc4c(-c4cccc5ccccc45)c4ccccc34)cc21. The Hall–Kier alpha value is -7.28. The molecule has 2 aliphatic carbocycles. The number of hydrogen-bond donors (Lipinski definition) is 0. The average molecular weight is 789 g/mol. The zero-order valence-electron chi connectivity index (χ0n) is 35.5. The molecule has 292 valence electrons. The smallest absolute Gasteiger partial charge is 0.0165 e. The first-order valence-corrected chi connectivity index (χ1v) is 22.1. The number of hydrogen-bond acceptors (Lipinski definition) is 0. The van der Waals surface area contributed by atoms with Crippen LogP contribution in [-0.4, -0.2) is 0 Å². The fourth-order valence-electron chi connectivity index (χ4n) is 11.9. The Morgan fingerprint density at radius 2 is 0.710 bits per heavy atom. The number of fused-ring (bicyclic) bond motifs is 14. The molecular formula is C62H44. The molecule has 0 atom stereocenters. The Labute approximate surface area is 362 Å². The van der Waals surface area contributed by atoms with Crippen LogP contribution >= 0.6 is 0 Å². The van der Waals surface area contributed by atoms with E-state index in [1.807, 2.05) is 0 Å². The molecular weight excluding hydrogens is 745 g/mol. The van der Waals surface area contributed by atoms with Crippen molar-refractivity contribution in [1.82, 2.24) is 0 Å². The van der Waals surface area contributed by atoms with Crippen molar-refractivity contribution in [3.05, 3.63) is 216 Å². The Kier molecular flexibility index (Phi) is 7.23. The highest BCUT2D eigenvalue weighted by atomic mass is 14.4. The van der Waals surface area contributed by atoms with Crippen LogP contribution in [0.1, 0.15) is 49.9 Å². The molecule has 0 amide bonds. The van der Waals surface area contributed by atoms with Crippen molar-refractivity contribution in [2.75, 3.05) is 0 Å². The molecule has 0 N–H and O–H groups in total. The Bertz CT molecular complexity index is 3680. The van der Waals surface area contributed by atoms with E-state index >= 15 is 0 Å². The van der Waals surface area contributed by atoms with E-state index in [1.54, 1.807) is 0 Å². The van der Waals surface area contributed by atoms with Crippen LogP contribution in [-0.2, 0) is 10.8 Å². The highest BCUT2D eigenvalue weighted by Crippen LogP contribution is 2.56. The van der Waals surface area contributed by atoms with E-state index in [-0.39, 0.29) is 10.8 Å². The third-order valence-electron chi connectivity index (χ3n) is 14.8. The fraction of sp³-hybridized carbons (Fsp3) is 0.0968. The van der Waals surface area contributed by atoms with Gasteiger partial charge >= 0.3 is 0 Å². The average Bonchev–Trinajstić information content (AvgIpc) is 3.69. The van der Waals surface area contributed by atoms with Gasteiger partial charge in [-0.25, -0.2) is 0 Å². The van der Waals surface area contributed by atoms with Gasteiger partial charge in [0.1, 0.15) is 0 Å². The minimum atomic E-state index is -0.189. The van der Waals surface area contributed by atoms with E-state index in [0.717, 1.165) is 0 Å². The van der Waals surface area contributed by atoms with E-state index in [4.69, 9.17) is 0 Å². The fourth-order valence-corrected chi connectivity index (χ4v) is 11.9. The molecule has 0 aromatic heterocycles. The van der Waals surface area contributed by atoms with Crippen molar-refractivity contribution in [3.8, 4) is 55.6 Å². The summed E-state index contributed by atoms with van der Waals surface area (Å²) in [6.45, 7) is 9.66. The lowest BCUT2D eigenvalue weighted by Crippen LogP contribution is -2.15. The van der Waals surface area contributed by atoms with Crippen LogP contribution in [0.15, 0.2) is 194 Å². The van der Waals surface area contributed by atoms with E-state index in [9.17, 15) is 0 Å². The van der Waals surface area contributed by atoms with E-state index in [0.29, 0.717) is 0 Å². The molecule has 0 spiro atoms. The van der Waals surface area contributed by atoms with Crippen LogP contribution in [0.25, 0.3) is 109 Å². The van der Waals surface area contributed by atoms with Crippen LogP contribution in [0.2, 0.25) is 0 Å². The van der Waals surface area contributed by atoms with Gasteiger partial charge in [-0.1, -0.05) is 204 Å². The summed E-state index contributed by atoms with van der Waals surface area (Å²) in [6, 6.07) is 73.3. The molecule has 0 nitrogen and oxygen atoms in total. The summed E-state index contributed by atoms with van der Waals surface area (Å²) in [5.74, 6) is 0. The summed E-state index contributed by atoms with van der Waals surface area (Å²) in [7, 11) is 0. The molecule has 0 heteroatoms. The first-order chi connectivity index (χ1) is 30.3. The molecule has 0 aliphatic heterocycles. The van der Waals surface area contributed by atoms with Gasteiger partial charge in [0, 0.05) is 10.8 Å². The van der Waals surface area contributed by atoms with Crippen molar-refractivity contribution >= 4 is 53.9 Å². The summed E-state index contributed by atoms with van der Waals surface area (Å²) in [5.41, 5.74) is 18.5. The van der Waals surface area contributed by atoms with Gasteiger partial charge in [-0.3, -0.25) is 0 Å². The molecule has 0 saturated carbocycles. The summed E-state index contributed by atoms with van der Waals surface area (Å²) in [6.07, 6.45) is 0. The minimum Gasteiger partial charge on any atom is -0.0616 e. The maximum atomic E-state index is 2.50. The Morgan fingerprint density at radius 1 is 0.258 bits per heavy atom. The van der Waals surface area contributed by atoms with E-state index in [2.05, 4.69) is 222 Å². The zero-order valence-corrected chi connectivity index (χ0v) is 35.5. The first-order valence-electron chi connectivity index (χ1n) is 22.1. The molecule has 0 bridgehead atoms. The third kappa shape index (κ3) is 4.73. The van der Waals surface area contributed by atoms with Gasteiger partial charge in [-0.05, 0) is 150 Å². The van der Waals surface area contributed by atoms with Crippen LogP contribution in [0.5, 0.6) is 0 Å². The van der Waals surface area contributed by atoms with E-state index < -0.39 is 0 Å². The molecule has 0 saturated heterocycles. The molecule has 13 rings (SSSR count). The topological polar surface area (TPSA) is 0 Å². The third-order valence-corrected chi connectivity index (χ3v) is 14.8. The predicted octanol–water partition coefficient (Wildman–Crippen LogP) is 17.1. The van der Waals surface area contributed by atoms with Crippen LogP contribution in [0.4, 0.5) is 0 Å². The first kappa shape index (κ1) is 35.5. The maximum absolute atomic E-state index is 2.50. The zero-order chi connectivity index (χ0) is 41.5. The Morgan fingerprint density at radius 3 is 1.35 bits per heavy atom. The van der Waals surface area contributed by atoms with Gasteiger partial charge in [-0.15, -0.1) is 0 Å². The molecule has 0 fully saturated rings. The van der Waals surface area contributed by atoms with Crippen LogP contribution in [0.3, 0.4) is 0 Å². The lowest BCUT2D eigenvalue weighted by atomic mass is 9.79. The second-order valence-electron chi connectivity index (χ2n) is 18.7. The lowest BCUT2D eigenvalue weighted by molar-refractivity contribution is 0.661. The van der Waals surface area contributed by atoms with Gasteiger partial charge in [0.15, 0.2) is 0 Å². The maximum Gasteiger partial charge on any atom is 0.0165 e. The predicted molar refractivity (Wildman–Crippen MR) is 265 cm³/mol. The van der Waals surface area contributed by atoms with Crippen LogP contribution in [0, 0.1) is 0 Å². The molecule has 62 heavy (non-hydrogen) atoms. The summed E-state index contributed by atoms with van der Waals surface area (Å²) < 4.78 is 0. The van der Waals surface area contributed by atoms with Gasteiger partial charge in [0.05, 0.1) is 0 Å². The molecule has 0 unspecified atom stereocenters. The monoisotopic (exact) mass is 788 g/mol. The van der Waals surface area contributed by atoms with Crippen molar-refractivity contribution in [3.63, 3.8) is 0 Å². The summed E-state index contributed by atoms with van der Waals surface area (Å²) in [4.78, 5) is 0. The van der Waals surface area contributed by atoms with Gasteiger partial charge in [0.25, 0.3) is 0 Å². The van der Waals surface area contributed by atoms with E-state index in [1.165, 1.54) is 132 Å². The van der Waals surface area contributed by atoms with Crippen LogP contribution < -0.4 is 0 Å². The molecule has 11 aromatic rings. The standard InChI is InChI=1S/C62H44/c1-61(2)55-35-39(38-30-33-54-53(34-38)59-47-21-9-7-19-42(47)43-20-8-14-26-52(43)60(59)62(54,3)4)28-31-44(55)45-32-29-40(36-56(45)61)57-48-22-10-12-24-50(48)58(51-25-13-11-23-49(51)57)46-27-15-17-37-16-5-6-18-41(37)46/h5-36H,1-4H3. The molecule has 11 aromatic carbocycles. The van der Waals surface area contributed by atoms with Crippen molar-refractivity contribution in [1.29, 1.82) is 0 Å². The molecule has 0 heterocycles. The van der Waals surface area contributed by atoms with Crippen molar-refractivity contribution in [2.24, 2.45) is 0 Å². The summed E-state index contributed by atoms with van der Waals surface area (Å²) >= 11 is 0. The highest BCUT2D eigenvalue weighted by molar-refractivity contribution is 6.24. The summed E-state index contributed by atoms with van der Waals surface area (Å²) in [5, 5.41) is 13.1. The molecule has 0 radical (unpaired) electrons. The van der Waals surface area contributed by atoms with Gasteiger partial charge < -0.3 is 0 Å². The normalized spacial score (nSPS) is 14.4. The van der Waals surface area contributed by atoms with Gasteiger partial charge in [0.2, 0.25) is 0 Å².